The number of hydrogen-bond donors (Lipinski definition) is 1. The molecule has 2 aromatic rings. The van der Waals surface area contributed by atoms with Crippen molar-refractivity contribution in [3.8, 4) is 0 Å². The quantitative estimate of drug-likeness (QED) is 0.447. The smallest absolute Gasteiger partial charge is 0.288 e. The van der Waals surface area contributed by atoms with E-state index in [1.54, 1.807) is 12.1 Å². The fourth-order valence-electron chi connectivity index (χ4n) is 4.37. The van der Waals surface area contributed by atoms with Crippen LogP contribution in [0.3, 0.4) is 0 Å². The molecule has 0 bridgehead atoms. The standard InChI is InChI=1S/C24H31F3N2O/c1-2-3-4-5-6-7-8-11-18-12-9-13-19-14-10-15-20(22(18)19)23(24(25,26)27)29-17-16-21(30)28-29/h9-10,12-15,23H,2-8,11,16-17H2,1H3,(H,28,30)/t23-/m0/s1. The molecule has 30 heavy (non-hydrogen) atoms. The van der Waals surface area contributed by atoms with Crippen molar-refractivity contribution in [1.29, 1.82) is 0 Å². The predicted octanol–water partition coefficient (Wildman–Crippen LogP) is 6.47. The molecule has 1 aliphatic rings. The lowest BCUT2D eigenvalue weighted by Crippen LogP contribution is -2.43. The van der Waals surface area contributed by atoms with E-state index in [1.807, 2.05) is 24.3 Å². The number of aryl methyl sites for hydroxylation is 1. The summed E-state index contributed by atoms with van der Waals surface area (Å²) in [4.78, 5) is 11.6. The molecule has 2 aromatic carbocycles. The van der Waals surface area contributed by atoms with Gasteiger partial charge in [0.2, 0.25) is 5.91 Å². The number of amides is 1. The van der Waals surface area contributed by atoms with Crippen molar-refractivity contribution in [2.45, 2.75) is 76.9 Å². The molecule has 1 amide bonds. The van der Waals surface area contributed by atoms with Gasteiger partial charge in [0, 0.05) is 13.0 Å². The van der Waals surface area contributed by atoms with E-state index in [-0.39, 0.29) is 24.4 Å². The fraction of sp³-hybridized carbons (Fsp3) is 0.542. The van der Waals surface area contributed by atoms with Gasteiger partial charge < -0.3 is 0 Å². The van der Waals surface area contributed by atoms with Crippen LogP contribution >= 0.6 is 0 Å². The molecule has 1 heterocycles. The van der Waals surface area contributed by atoms with Gasteiger partial charge in [-0.1, -0.05) is 81.8 Å². The van der Waals surface area contributed by atoms with E-state index in [1.165, 1.54) is 32.1 Å². The molecule has 1 saturated heterocycles. The Labute approximate surface area is 176 Å². The van der Waals surface area contributed by atoms with Gasteiger partial charge in [-0.2, -0.15) is 13.2 Å². The summed E-state index contributed by atoms with van der Waals surface area (Å²) in [6.45, 7) is 2.25. The van der Waals surface area contributed by atoms with Crippen LogP contribution in [-0.4, -0.2) is 23.6 Å². The average Bonchev–Trinajstić information content (AvgIpc) is 3.12. The molecule has 0 spiro atoms. The first-order chi connectivity index (χ1) is 14.4. The van der Waals surface area contributed by atoms with Crippen LogP contribution in [0.4, 0.5) is 13.2 Å². The average molecular weight is 421 g/mol. The van der Waals surface area contributed by atoms with Gasteiger partial charge in [0.25, 0.3) is 0 Å². The lowest BCUT2D eigenvalue weighted by atomic mass is 9.91. The first kappa shape index (κ1) is 22.6. The Morgan fingerprint density at radius 2 is 1.67 bits per heavy atom. The first-order valence-corrected chi connectivity index (χ1v) is 11.0. The minimum atomic E-state index is -4.49. The van der Waals surface area contributed by atoms with E-state index in [0.29, 0.717) is 5.39 Å². The van der Waals surface area contributed by atoms with Gasteiger partial charge in [-0.3, -0.25) is 10.2 Å². The zero-order valence-corrected chi connectivity index (χ0v) is 17.6. The second-order valence-corrected chi connectivity index (χ2v) is 8.16. The van der Waals surface area contributed by atoms with Gasteiger partial charge in [-0.25, -0.2) is 5.01 Å². The lowest BCUT2D eigenvalue weighted by molar-refractivity contribution is -0.190. The van der Waals surface area contributed by atoms with Crippen molar-refractivity contribution in [2.24, 2.45) is 0 Å². The van der Waals surface area contributed by atoms with Crippen molar-refractivity contribution >= 4 is 16.7 Å². The maximum atomic E-state index is 14.1. The molecule has 164 valence electrons. The van der Waals surface area contributed by atoms with Crippen LogP contribution in [0, 0.1) is 0 Å². The van der Waals surface area contributed by atoms with Gasteiger partial charge in [0.05, 0.1) is 0 Å². The Kier molecular flexibility index (Phi) is 7.75. The van der Waals surface area contributed by atoms with Gasteiger partial charge in [-0.05, 0) is 34.7 Å². The number of hydrazine groups is 1. The normalized spacial score (nSPS) is 16.2. The van der Waals surface area contributed by atoms with Crippen molar-refractivity contribution in [3.63, 3.8) is 0 Å². The summed E-state index contributed by atoms with van der Waals surface area (Å²) < 4.78 is 42.3. The van der Waals surface area contributed by atoms with Crippen LogP contribution in [0.2, 0.25) is 0 Å². The maximum Gasteiger partial charge on any atom is 0.409 e. The summed E-state index contributed by atoms with van der Waals surface area (Å²) in [5, 5.41) is 2.53. The van der Waals surface area contributed by atoms with Gasteiger partial charge in [-0.15, -0.1) is 0 Å². The van der Waals surface area contributed by atoms with Gasteiger partial charge in [0.15, 0.2) is 6.04 Å². The molecule has 6 heteroatoms. The van der Waals surface area contributed by atoms with E-state index in [2.05, 4.69) is 12.3 Å². The van der Waals surface area contributed by atoms with Crippen molar-refractivity contribution < 1.29 is 18.0 Å². The molecular weight excluding hydrogens is 389 g/mol. The van der Waals surface area contributed by atoms with E-state index < -0.39 is 12.2 Å². The minimum absolute atomic E-state index is 0.0549. The van der Waals surface area contributed by atoms with Crippen molar-refractivity contribution in [2.75, 3.05) is 6.54 Å². The number of unbranched alkanes of at least 4 members (excludes halogenated alkanes) is 6. The molecule has 0 aromatic heterocycles. The molecule has 3 rings (SSSR count). The highest BCUT2D eigenvalue weighted by Gasteiger charge is 2.47. The van der Waals surface area contributed by atoms with Gasteiger partial charge >= 0.3 is 6.18 Å². The molecule has 0 saturated carbocycles. The van der Waals surface area contributed by atoms with Crippen LogP contribution in [-0.2, 0) is 11.2 Å². The van der Waals surface area contributed by atoms with Gasteiger partial charge in [0.1, 0.15) is 0 Å². The van der Waals surface area contributed by atoms with Crippen LogP contribution in [0.15, 0.2) is 36.4 Å². The van der Waals surface area contributed by atoms with Crippen LogP contribution in [0.5, 0.6) is 0 Å². The largest absolute Gasteiger partial charge is 0.409 e. The highest BCUT2D eigenvalue weighted by Crippen LogP contribution is 2.41. The number of nitrogens with one attached hydrogen (secondary N) is 1. The van der Waals surface area contributed by atoms with E-state index in [4.69, 9.17) is 0 Å². The van der Waals surface area contributed by atoms with E-state index in [0.717, 1.165) is 35.2 Å². The summed E-state index contributed by atoms with van der Waals surface area (Å²) in [7, 11) is 0. The second-order valence-electron chi connectivity index (χ2n) is 8.16. The zero-order valence-electron chi connectivity index (χ0n) is 17.6. The van der Waals surface area contributed by atoms with E-state index in [9.17, 15) is 18.0 Å². The van der Waals surface area contributed by atoms with Crippen LogP contribution < -0.4 is 5.43 Å². The predicted molar refractivity (Wildman–Crippen MR) is 114 cm³/mol. The third-order valence-corrected chi connectivity index (χ3v) is 5.84. The highest BCUT2D eigenvalue weighted by molar-refractivity contribution is 5.89. The molecule has 0 unspecified atom stereocenters. The Morgan fingerprint density at radius 1 is 1.00 bits per heavy atom. The number of carbonyl (C=O) groups excluding carboxylic acids is 1. The number of benzene rings is 2. The summed E-state index contributed by atoms with van der Waals surface area (Å²) in [6.07, 6.45) is 4.55. The van der Waals surface area contributed by atoms with Crippen LogP contribution in [0.25, 0.3) is 10.8 Å². The molecule has 1 fully saturated rings. The summed E-state index contributed by atoms with van der Waals surface area (Å²) in [6, 6.07) is 8.97. The number of fused-ring (bicyclic) bond motifs is 1. The number of rotatable bonds is 10. The number of carbonyl (C=O) groups is 1. The summed E-state index contributed by atoms with van der Waals surface area (Å²) in [5.41, 5.74) is 3.57. The maximum absolute atomic E-state index is 14.1. The molecule has 3 nitrogen and oxygen atoms in total. The molecular formula is C24H31F3N2O. The molecule has 1 atom stereocenters. The van der Waals surface area contributed by atoms with Crippen molar-refractivity contribution in [3.05, 3.63) is 47.5 Å². The molecule has 1 N–H and O–H groups in total. The Hall–Kier alpha value is -2.08. The number of alkyl halides is 3. The zero-order chi connectivity index (χ0) is 21.6. The Balaban J connectivity index is 1.85. The summed E-state index contributed by atoms with van der Waals surface area (Å²) >= 11 is 0. The first-order valence-electron chi connectivity index (χ1n) is 11.0. The Bertz CT molecular complexity index is 845. The minimum Gasteiger partial charge on any atom is -0.288 e. The number of nitrogens with zero attached hydrogens (tertiary/aromatic N) is 1. The topological polar surface area (TPSA) is 32.3 Å². The van der Waals surface area contributed by atoms with Crippen molar-refractivity contribution in [1.82, 2.24) is 10.4 Å². The second kappa shape index (κ2) is 10.3. The van der Waals surface area contributed by atoms with E-state index >= 15 is 0 Å². The van der Waals surface area contributed by atoms with Crippen LogP contribution in [0.1, 0.15) is 75.5 Å². The third kappa shape index (κ3) is 5.54. The summed E-state index contributed by atoms with van der Waals surface area (Å²) in [5.74, 6) is -0.368. The SMILES string of the molecule is CCCCCCCCCc1cccc2cccc([C@H](N3CCC(=O)N3)C(F)(F)F)c12. The number of hydrogen-bond acceptors (Lipinski definition) is 2. The third-order valence-electron chi connectivity index (χ3n) is 5.84. The molecule has 1 aliphatic heterocycles. The monoisotopic (exact) mass is 420 g/mol. The molecule has 0 radical (unpaired) electrons. The highest BCUT2D eigenvalue weighted by atomic mass is 19.4. The number of halogens is 3. The Morgan fingerprint density at radius 3 is 2.30 bits per heavy atom. The fourth-order valence-corrected chi connectivity index (χ4v) is 4.37. The lowest BCUT2D eigenvalue weighted by Gasteiger charge is -2.30. The molecule has 0 aliphatic carbocycles.